The van der Waals surface area contributed by atoms with E-state index in [1.54, 1.807) is 6.07 Å². The minimum Gasteiger partial charge on any atom is -0.494 e. The fraction of sp³-hybridized carbons (Fsp3) is 0.667. The number of benzene rings is 2. The second-order valence-corrected chi connectivity index (χ2v) is 16.1. The zero-order chi connectivity index (χ0) is 31.4. The number of fused-ring (bicyclic) bond motifs is 4. The molecule has 6 rings (SSSR count). The van der Waals surface area contributed by atoms with Crippen molar-refractivity contribution in [3.63, 3.8) is 0 Å². The normalized spacial score (nSPS) is 27.0. The maximum absolute atomic E-state index is 14.1. The Kier molecular flexibility index (Phi) is 10.7. The number of nitrogens with zero attached hydrogens (tertiary/aromatic N) is 2. The van der Waals surface area contributed by atoms with E-state index in [0.717, 1.165) is 66.0 Å². The van der Waals surface area contributed by atoms with E-state index < -0.39 is 27.3 Å². The van der Waals surface area contributed by atoms with Crippen LogP contribution in [0.1, 0.15) is 95.1 Å². The van der Waals surface area contributed by atoms with Crippen LogP contribution in [0.15, 0.2) is 47.4 Å². The zero-order valence-electron chi connectivity index (χ0n) is 27.6. The summed E-state index contributed by atoms with van der Waals surface area (Å²) in [6.45, 7) is 9.81. The lowest BCUT2D eigenvalue weighted by Crippen LogP contribution is -2.67. The van der Waals surface area contributed by atoms with E-state index in [-0.39, 0.29) is 5.75 Å². The smallest absolute Gasteiger partial charge is 0.179 e. The highest BCUT2D eigenvalue weighted by Crippen LogP contribution is 2.50. The number of hydrogen-bond donors (Lipinski definition) is 2. The number of ether oxygens (including phenoxy) is 1. The molecule has 4 aliphatic rings. The van der Waals surface area contributed by atoms with Crippen LogP contribution < -0.4 is 15.1 Å². The molecular weight excluding hydrogens is 570 g/mol. The average molecular weight is 627 g/mol. The summed E-state index contributed by atoms with van der Waals surface area (Å²) in [5, 5.41) is 12.4. The first-order chi connectivity index (χ1) is 21.1. The fourth-order valence-corrected chi connectivity index (χ4v) is 10.2. The van der Waals surface area contributed by atoms with Gasteiger partial charge in [-0.05, 0) is 66.6 Å². The van der Waals surface area contributed by atoms with Gasteiger partial charge in [0.25, 0.3) is 0 Å². The summed E-state index contributed by atoms with van der Waals surface area (Å²) < 4.78 is 35.4. The standard InChI is InChI=1S/C36H56N3O4S/c1-5-7-19-36(20-8-6-2)27-44(41,42)33-16-13-30(38(3)4)25-32(33)34(35(36)40)29-11-14-31(15-12-29)43-24-10-9-21-39-22-17-28(18-23-39)26-37-39/h11-16,25,28,34-35,37,40H,5-10,17-24,26-27H2,1-4H3/q+1/t28?,34-,35-,39?/m1/s1. The van der Waals surface area contributed by atoms with Crippen molar-refractivity contribution in [1.29, 1.82) is 0 Å². The van der Waals surface area contributed by atoms with Crippen LogP contribution in [0.5, 0.6) is 5.75 Å². The third-order valence-corrected chi connectivity index (χ3v) is 12.8. The zero-order valence-corrected chi connectivity index (χ0v) is 28.4. The van der Waals surface area contributed by atoms with Gasteiger partial charge in [0.15, 0.2) is 9.84 Å². The van der Waals surface area contributed by atoms with Crippen LogP contribution in [-0.2, 0) is 9.84 Å². The summed E-state index contributed by atoms with van der Waals surface area (Å²) in [6, 6.07) is 13.7. The summed E-state index contributed by atoms with van der Waals surface area (Å²) in [5.41, 5.74) is 5.64. The number of aliphatic hydroxyl groups is 1. The Balaban J connectivity index is 1.37. The third kappa shape index (κ3) is 7.14. The number of hydrogen-bond acceptors (Lipinski definition) is 6. The Labute approximate surface area is 266 Å². The van der Waals surface area contributed by atoms with Crippen molar-refractivity contribution in [2.45, 2.75) is 95.0 Å². The number of aliphatic hydroxyl groups excluding tert-OH is 1. The van der Waals surface area contributed by atoms with Crippen molar-refractivity contribution < 1.29 is 22.9 Å². The van der Waals surface area contributed by atoms with Gasteiger partial charge in [-0.2, -0.15) is 5.43 Å². The Bertz CT molecular complexity index is 1310. The molecule has 0 unspecified atom stereocenters. The molecule has 2 bridgehead atoms. The van der Waals surface area contributed by atoms with Gasteiger partial charge in [-0.15, -0.1) is 0 Å². The molecule has 0 radical (unpaired) electrons. The first kappa shape index (κ1) is 33.2. The van der Waals surface area contributed by atoms with Gasteiger partial charge in [-0.1, -0.05) is 51.7 Å². The highest BCUT2D eigenvalue weighted by molar-refractivity contribution is 7.91. The Hall–Kier alpha value is -2.13. The van der Waals surface area contributed by atoms with E-state index >= 15 is 0 Å². The Morgan fingerprint density at radius 1 is 0.977 bits per heavy atom. The number of nitrogens with one attached hydrogen (secondary N) is 1. The summed E-state index contributed by atoms with van der Waals surface area (Å²) >= 11 is 0. The second kappa shape index (κ2) is 14.1. The van der Waals surface area contributed by atoms with Crippen LogP contribution in [0.3, 0.4) is 0 Å². The predicted octanol–water partition coefficient (Wildman–Crippen LogP) is 6.30. The number of sulfone groups is 1. The van der Waals surface area contributed by atoms with Gasteiger partial charge in [0.2, 0.25) is 0 Å². The van der Waals surface area contributed by atoms with E-state index in [2.05, 4.69) is 19.3 Å². The van der Waals surface area contributed by atoms with Gasteiger partial charge in [-0.25, -0.2) is 13.0 Å². The second-order valence-electron chi connectivity index (χ2n) is 14.1. The predicted molar refractivity (Wildman–Crippen MR) is 179 cm³/mol. The van der Waals surface area contributed by atoms with Crippen LogP contribution >= 0.6 is 0 Å². The minimum atomic E-state index is -3.61. The van der Waals surface area contributed by atoms with Crippen LogP contribution in [0.2, 0.25) is 0 Å². The first-order valence-corrected chi connectivity index (χ1v) is 18.8. The van der Waals surface area contributed by atoms with Crippen molar-refractivity contribution in [1.82, 2.24) is 5.43 Å². The molecule has 244 valence electrons. The highest BCUT2D eigenvalue weighted by atomic mass is 32.2. The molecule has 2 atom stereocenters. The first-order valence-electron chi connectivity index (χ1n) is 17.2. The van der Waals surface area contributed by atoms with E-state index in [9.17, 15) is 13.5 Å². The Morgan fingerprint density at radius 3 is 2.25 bits per heavy atom. The van der Waals surface area contributed by atoms with Crippen LogP contribution in [0, 0.1) is 11.3 Å². The summed E-state index contributed by atoms with van der Waals surface area (Å²) in [7, 11) is 0.319. The average Bonchev–Trinajstić information content (AvgIpc) is 3.10. The van der Waals surface area contributed by atoms with E-state index in [0.29, 0.717) is 29.9 Å². The highest BCUT2D eigenvalue weighted by Gasteiger charge is 2.49. The lowest BCUT2D eigenvalue weighted by atomic mass is 9.68. The van der Waals surface area contributed by atoms with Gasteiger partial charge in [0.1, 0.15) is 5.75 Å². The molecular formula is C36H56N3O4S+. The van der Waals surface area contributed by atoms with E-state index in [1.165, 1.54) is 39.0 Å². The molecule has 0 aliphatic carbocycles. The molecule has 0 aromatic heterocycles. The molecule has 4 heterocycles. The molecule has 2 aromatic carbocycles. The number of anilines is 1. The molecule has 3 fully saturated rings. The fourth-order valence-electron chi connectivity index (χ4n) is 7.97. The van der Waals surface area contributed by atoms with E-state index in [1.807, 2.05) is 55.4 Å². The van der Waals surface area contributed by atoms with Crippen LogP contribution in [0.4, 0.5) is 5.69 Å². The molecule has 8 heteroatoms. The SMILES string of the molecule is CCCCC1(CCCC)CS(=O)(=O)c2ccc(N(C)C)cc2[C@@H](c2ccc(OCCCC[N+]34CCC(CC3)CN4)cc2)[C@H]1O. The molecule has 3 saturated heterocycles. The van der Waals surface area contributed by atoms with Gasteiger partial charge >= 0.3 is 0 Å². The number of quaternary nitrogens is 1. The van der Waals surface area contributed by atoms with Crippen molar-refractivity contribution >= 4 is 15.5 Å². The van der Waals surface area contributed by atoms with Gasteiger partial charge in [-0.3, -0.25) is 0 Å². The summed E-state index contributed by atoms with van der Waals surface area (Å²) in [5.74, 6) is 1.25. The number of piperidine rings is 1. The molecule has 7 nitrogen and oxygen atoms in total. The lowest BCUT2D eigenvalue weighted by molar-refractivity contribution is -0.983. The van der Waals surface area contributed by atoms with E-state index in [4.69, 9.17) is 4.74 Å². The quantitative estimate of drug-likeness (QED) is 0.189. The van der Waals surface area contributed by atoms with Crippen molar-refractivity contribution in [2.75, 3.05) is 57.5 Å². The Morgan fingerprint density at radius 2 is 1.66 bits per heavy atom. The molecule has 2 aromatic rings. The van der Waals surface area contributed by atoms with Crippen molar-refractivity contribution in [2.24, 2.45) is 11.3 Å². The number of unbranched alkanes of at least 4 members (excludes halogenated alkanes) is 3. The van der Waals surface area contributed by atoms with Gasteiger partial charge in [0.05, 0.1) is 43.0 Å². The van der Waals surface area contributed by atoms with Crippen LogP contribution in [-0.4, -0.2) is 76.9 Å². The molecule has 44 heavy (non-hydrogen) atoms. The van der Waals surface area contributed by atoms with Crippen LogP contribution in [0.25, 0.3) is 0 Å². The largest absolute Gasteiger partial charge is 0.494 e. The molecule has 2 N–H and O–H groups in total. The van der Waals surface area contributed by atoms with Crippen molar-refractivity contribution in [3.05, 3.63) is 53.6 Å². The lowest BCUT2D eigenvalue weighted by Gasteiger charge is -2.48. The molecule has 0 spiro atoms. The van der Waals surface area contributed by atoms with Gasteiger partial charge in [0, 0.05) is 56.9 Å². The third-order valence-electron chi connectivity index (χ3n) is 10.8. The summed E-state index contributed by atoms with van der Waals surface area (Å²) in [4.78, 5) is 2.36. The monoisotopic (exact) mass is 626 g/mol. The van der Waals surface area contributed by atoms with Crippen molar-refractivity contribution in [3.8, 4) is 5.75 Å². The maximum Gasteiger partial charge on any atom is 0.179 e. The topological polar surface area (TPSA) is 78.9 Å². The van der Waals surface area contributed by atoms with Gasteiger partial charge < -0.3 is 14.7 Å². The molecule has 0 amide bonds. The number of rotatable bonds is 14. The molecule has 4 aliphatic heterocycles. The molecule has 0 saturated carbocycles. The summed E-state index contributed by atoms with van der Waals surface area (Å²) in [6.07, 6.45) is 9.17. The maximum atomic E-state index is 14.1. The minimum absolute atomic E-state index is 0.0106.